The molecule has 0 unspecified atom stereocenters. The molecule has 0 N–H and O–H groups in total. The van der Waals surface area contributed by atoms with Crippen molar-refractivity contribution in [3.05, 3.63) is 65.4 Å². The minimum absolute atomic E-state index is 0.00501. The van der Waals surface area contributed by atoms with Gasteiger partial charge in [0.05, 0.1) is 32.0 Å². The third kappa shape index (κ3) is 5.20. The van der Waals surface area contributed by atoms with Crippen LogP contribution in [-0.2, 0) is 30.0 Å². The maximum Gasteiger partial charge on any atom is 0.416 e. The van der Waals surface area contributed by atoms with Gasteiger partial charge in [-0.05, 0) is 42.5 Å². The minimum Gasteiger partial charge on any atom is -0.466 e. The smallest absolute Gasteiger partial charge is 0.416 e. The molecule has 10 heteroatoms. The molecular weight excluding hydrogens is 435 g/mol. The number of hydrogen-bond donors (Lipinski definition) is 0. The van der Waals surface area contributed by atoms with Gasteiger partial charge in [0.25, 0.3) is 0 Å². The van der Waals surface area contributed by atoms with Crippen LogP contribution in [0.3, 0.4) is 0 Å². The first-order valence-corrected chi connectivity index (χ1v) is 9.76. The fourth-order valence-electron chi connectivity index (χ4n) is 2.91. The predicted octanol–water partition coefficient (Wildman–Crippen LogP) is 4.25. The molecule has 0 amide bonds. The van der Waals surface area contributed by atoms with Gasteiger partial charge in [-0.15, -0.1) is 0 Å². The summed E-state index contributed by atoms with van der Waals surface area (Å²) in [5.41, 5.74) is -0.139. The Morgan fingerprint density at radius 2 is 1.68 bits per heavy atom. The number of halogens is 3. The summed E-state index contributed by atoms with van der Waals surface area (Å²) in [7, 11) is 2.40. The van der Waals surface area contributed by atoms with E-state index in [0.717, 1.165) is 12.1 Å². The van der Waals surface area contributed by atoms with Gasteiger partial charge in [0, 0.05) is 15.5 Å². The fraction of sp³-hybridized carbons (Fsp3) is 0.238. The van der Waals surface area contributed by atoms with Crippen molar-refractivity contribution >= 4 is 29.4 Å². The monoisotopic (exact) mass is 453 g/mol. The van der Waals surface area contributed by atoms with E-state index in [9.17, 15) is 22.8 Å². The van der Waals surface area contributed by atoms with E-state index in [1.165, 1.54) is 36.9 Å². The van der Waals surface area contributed by atoms with Crippen LogP contribution < -0.4 is 4.90 Å². The highest BCUT2D eigenvalue weighted by Gasteiger charge is 2.32. The van der Waals surface area contributed by atoms with Gasteiger partial charge in [-0.3, -0.25) is 0 Å². The molecule has 2 aromatic rings. The maximum atomic E-state index is 12.9. The lowest BCUT2D eigenvalue weighted by Gasteiger charge is -2.31. The molecule has 2 aromatic carbocycles. The van der Waals surface area contributed by atoms with Crippen molar-refractivity contribution in [2.24, 2.45) is 0 Å². The van der Waals surface area contributed by atoms with E-state index in [2.05, 4.69) is 0 Å². The Bertz CT molecular complexity index is 1000. The van der Waals surface area contributed by atoms with Crippen molar-refractivity contribution in [3.63, 3.8) is 0 Å². The molecule has 31 heavy (non-hydrogen) atoms. The number of carbonyl (C=O) groups is 2. The van der Waals surface area contributed by atoms with E-state index < -0.39 is 23.7 Å². The van der Waals surface area contributed by atoms with Gasteiger partial charge in [0.15, 0.2) is 0 Å². The van der Waals surface area contributed by atoms with Crippen LogP contribution in [0.2, 0.25) is 0 Å². The lowest BCUT2D eigenvalue weighted by molar-refractivity contribution is -0.140. The van der Waals surface area contributed by atoms with Crippen LogP contribution in [0.5, 0.6) is 0 Å². The summed E-state index contributed by atoms with van der Waals surface area (Å²) >= 11 is 1.17. The summed E-state index contributed by atoms with van der Waals surface area (Å²) in [5.74, 6) is -1.42. The Balaban J connectivity index is 1.86. The highest BCUT2D eigenvalue weighted by Crippen LogP contribution is 2.35. The van der Waals surface area contributed by atoms with Crippen molar-refractivity contribution in [1.29, 1.82) is 0 Å². The molecule has 3 rings (SSSR count). The van der Waals surface area contributed by atoms with E-state index in [4.69, 9.17) is 14.2 Å². The van der Waals surface area contributed by atoms with Gasteiger partial charge < -0.3 is 19.1 Å². The van der Waals surface area contributed by atoms with Gasteiger partial charge in [0.1, 0.15) is 12.4 Å². The maximum absolute atomic E-state index is 12.9. The quantitative estimate of drug-likeness (QED) is 0.627. The molecule has 1 heterocycles. The summed E-state index contributed by atoms with van der Waals surface area (Å²) in [6, 6.07) is 11.8. The Morgan fingerprint density at radius 3 is 2.29 bits per heavy atom. The van der Waals surface area contributed by atoms with Crippen molar-refractivity contribution in [2.75, 3.05) is 32.5 Å². The first-order chi connectivity index (χ1) is 14.7. The molecule has 1 aliphatic heterocycles. The lowest BCUT2D eigenvalue weighted by Crippen LogP contribution is -2.38. The van der Waals surface area contributed by atoms with Crippen LogP contribution >= 0.6 is 11.8 Å². The standard InChI is InChI=1S/C21H18F3NO5S/c1-28-19(26)17-11-30-12-25(18(17)20(27)29-2)14-6-8-15(9-7-14)31-16-5-3-4-13(10-16)21(22,23)24/h3-10H,11-12H2,1-2H3. The summed E-state index contributed by atoms with van der Waals surface area (Å²) in [6.07, 6.45) is -4.41. The number of methoxy groups -OCH3 is 2. The minimum atomic E-state index is -4.41. The third-order valence-corrected chi connectivity index (χ3v) is 5.38. The Hall–Kier alpha value is -2.98. The SMILES string of the molecule is COC(=O)C1=C(C(=O)OC)N(c2ccc(Sc3cccc(C(F)(F)F)c3)cc2)COC1. The normalized spacial score (nSPS) is 14.4. The third-order valence-electron chi connectivity index (χ3n) is 4.38. The second-order valence-electron chi connectivity index (χ2n) is 6.34. The molecule has 0 saturated carbocycles. The second-order valence-corrected chi connectivity index (χ2v) is 7.48. The van der Waals surface area contributed by atoms with Gasteiger partial charge >= 0.3 is 18.1 Å². The predicted molar refractivity (Wildman–Crippen MR) is 106 cm³/mol. The number of carbonyl (C=O) groups excluding carboxylic acids is 2. The largest absolute Gasteiger partial charge is 0.466 e. The molecule has 0 spiro atoms. The number of ether oxygens (including phenoxy) is 3. The number of alkyl halides is 3. The van der Waals surface area contributed by atoms with Crippen LogP contribution in [0.4, 0.5) is 18.9 Å². The number of benzene rings is 2. The first-order valence-electron chi connectivity index (χ1n) is 8.95. The highest BCUT2D eigenvalue weighted by atomic mass is 32.2. The Labute approximate surface area is 180 Å². The van der Waals surface area contributed by atoms with Gasteiger partial charge in [0.2, 0.25) is 0 Å². The Kier molecular flexibility index (Phi) is 6.91. The van der Waals surface area contributed by atoms with E-state index >= 15 is 0 Å². The molecule has 0 fully saturated rings. The molecule has 1 aliphatic rings. The van der Waals surface area contributed by atoms with Gasteiger partial charge in [-0.25, -0.2) is 9.59 Å². The zero-order valence-corrected chi connectivity index (χ0v) is 17.4. The van der Waals surface area contributed by atoms with E-state index in [1.54, 1.807) is 30.3 Å². The topological polar surface area (TPSA) is 65.1 Å². The molecule has 0 bridgehead atoms. The van der Waals surface area contributed by atoms with Gasteiger partial charge in [-0.1, -0.05) is 17.8 Å². The lowest BCUT2D eigenvalue weighted by atomic mass is 10.1. The van der Waals surface area contributed by atoms with Crippen molar-refractivity contribution in [1.82, 2.24) is 0 Å². The number of rotatable bonds is 5. The Morgan fingerprint density at radius 1 is 1.00 bits per heavy atom. The molecule has 0 aromatic heterocycles. The average molecular weight is 453 g/mol. The first kappa shape index (κ1) is 22.7. The van der Waals surface area contributed by atoms with Crippen LogP contribution in [0.15, 0.2) is 69.6 Å². The van der Waals surface area contributed by atoms with Crippen LogP contribution in [0, 0.1) is 0 Å². The van der Waals surface area contributed by atoms with Gasteiger partial charge in [-0.2, -0.15) is 13.2 Å². The zero-order chi connectivity index (χ0) is 22.6. The average Bonchev–Trinajstić information content (AvgIpc) is 2.77. The van der Waals surface area contributed by atoms with Crippen LogP contribution in [0.25, 0.3) is 0 Å². The van der Waals surface area contributed by atoms with Crippen LogP contribution in [0.1, 0.15) is 5.56 Å². The number of nitrogens with zero attached hydrogens (tertiary/aromatic N) is 1. The summed E-state index contributed by atoms with van der Waals surface area (Å²) < 4.78 is 53.7. The van der Waals surface area contributed by atoms with Crippen LogP contribution in [-0.4, -0.2) is 39.5 Å². The fourth-order valence-corrected chi connectivity index (χ4v) is 3.79. The summed E-state index contributed by atoms with van der Waals surface area (Å²) in [6.45, 7) is -0.0951. The molecule has 164 valence electrons. The summed E-state index contributed by atoms with van der Waals surface area (Å²) in [4.78, 5) is 27.0. The number of esters is 2. The van der Waals surface area contributed by atoms with Crippen molar-refractivity contribution in [3.8, 4) is 0 Å². The molecule has 0 atom stereocenters. The molecule has 0 radical (unpaired) electrons. The molecule has 0 saturated heterocycles. The van der Waals surface area contributed by atoms with E-state index in [-0.39, 0.29) is 24.6 Å². The van der Waals surface area contributed by atoms with Crippen molar-refractivity contribution in [2.45, 2.75) is 16.0 Å². The summed E-state index contributed by atoms with van der Waals surface area (Å²) in [5, 5.41) is 0. The highest BCUT2D eigenvalue weighted by molar-refractivity contribution is 7.99. The van der Waals surface area contributed by atoms with E-state index in [1.807, 2.05) is 0 Å². The molecular formula is C21H18F3NO5S. The number of anilines is 1. The second kappa shape index (κ2) is 9.44. The van der Waals surface area contributed by atoms with Crippen molar-refractivity contribution < 1.29 is 37.0 Å². The zero-order valence-electron chi connectivity index (χ0n) is 16.6. The molecule has 6 nitrogen and oxygen atoms in total. The molecule has 0 aliphatic carbocycles. The van der Waals surface area contributed by atoms with E-state index in [0.29, 0.717) is 15.5 Å². The number of hydrogen-bond acceptors (Lipinski definition) is 7.